The first-order chi connectivity index (χ1) is 7.97. The predicted octanol–water partition coefficient (Wildman–Crippen LogP) is 2.65. The lowest BCUT2D eigenvalue weighted by atomic mass is 10.0. The molecule has 92 valence electrons. The van der Waals surface area contributed by atoms with Crippen molar-refractivity contribution in [2.75, 3.05) is 18.5 Å². The van der Waals surface area contributed by atoms with E-state index < -0.39 is 0 Å². The summed E-state index contributed by atoms with van der Waals surface area (Å²) in [6.07, 6.45) is 0. The van der Waals surface area contributed by atoms with Gasteiger partial charge in [0.2, 0.25) is 0 Å². The molecule has 2 rings (SSSR count). The van der Waals surface area contributed by atoms with Crippen LogP contribution in [0.25, 0.3) is 10.9 Å². The molecule has 0 aliphatic heterocycles. The van der Waals surface area contributed by atoms with Gasteiger partial charge in [-0.15, -0.1) is 0 Å². The summed E-state index contributed by atoms with van der Waals surface area (Å²) in [4.78, 5) is 5.69. The van der Waals surface area contributed by atoms with Gasteiger partial charge in [0.15, 0.2) is 0 Å². The van der Waals surface area contributed by atoms with Crippen LogP contribution in [0.3, 0.4) is 0 Å². The van der Waals surface area contributed by atoms with Crippen molar-refractivity contribution >= 4 is 16.6 Å². The number of aromatic amines is 1. The van der Waals surface area contributed by atoms with Gasteiger partial charge in [-0.05, 0) is 26.8 Å². The molecule has 0 aliphatic rings. The Bertz CT molecular complexity index is 525. The molecule has 0 bridgehead atoms. The molecule has 0 saturated carbocycles. The summed E-state index contributed by atoms with van der Waals surface area (Å²) >= 11 is 0. The van der Waals surface area contributed by atoms with Gasteiger partial charge in [0, 0.05) is 35.7 Å². The highest BCUT2D eigenvalue weighted by molar-refractivity contribution is 5.95. The number of hydrogen-bond acceptors (Lipinski definition) is 2. The predicted molar refractivity (Wildman–Crippen MR) is 74.6 cm³/mol. The number of fused-ring (bicyclic) bond motifs is 1. The summed E-state index contributed by atoms with van der Waals surface area (Å²) in [6.45, 7) is 7.06. The highest BCUT2D eigenvalue weighted by Gasteiger charge is 2.25. The monoisotopic (exact) mass is 231 g/mol. The van der Waals surface area contributed by atoms with Crippen molar-refractivity contribution in [1.82, 2.24) is 4.98 Å². The Kier molecular flexibility index (Phi) is 2.87. The van der Waals surface area contributed by atoms with Crippen molar-refractivity contribution in [1.29, 1.82) is 0 Å². The number of H-pyrrole nitrogens is 1. The van der Waals surface area contributed by atoms with E-state index in [2.05, 4.69) is 62.0 Å². The molecule has 1 heterocycles. The standard InChI is InChI=1S/C14H21N3/c1-10-13(17(4)14(2,3)9-15)11-7-5-6-8-12(11)16-10/h5-8,16H,9,15H2,1-4H3. The lowest BCUT2D eigenvalue weighted by Gasteiger charge is -2.36. The molecule has 0 amide bonds. The molecule has 0 saturated heterocycles. The van der Waals surface area contributed by atoms with Crippen molar-refractivity contribution in [3.63, 3.8) is 0 Å². The van der Waals surface area contributed by atoms with E-state index in [1.807, 2.05) is 0 Å². The highest BCUT2D eigenvalue weighted by Crippen LogP contribution is 2.33. The molecule has 3 N–H and O–H groups in total. The zero-order valence-electron chi connectivity index (χ0n) is 11.0. The zero-order chi connectivity index (χ0) is 12.6. The third-order valence-electron chi connectivity index (χ3n) is 3.60. The maximum Gasteiger partial charge on any atom is 0.0656 e. The summed E-state index contributed by atoms with van der Waals surface area (Å²) < 4.78 is 0. The fourth-order valence-corrected chi connectivity index (χ4v) is 2.13. The molecule has 3 heteroatoms. The molecule has 1 aromatic carbocycles. The Balaban J connectivity index is 2.59. The Morgan fingerprint density at radius 1 is 1.29 bits per heavy atom. The number of aryl methyl sites for hydroxylation is 1. The number of rotatable bonds is 3. The number of hydrogen-bond donors (Lipinski definition) is 2. The second-order valence-electron chi connectivity index (χ2n) is 5.22. The van der Waals surface area contributed by atoms with Crippen LogP contribution < -0.4 is 10.6 Å². The van der Waals surface area contributed by atoms with E-state index in [9.17, 15) is 0 Å². The Morgan fingerprint density at radius 3 is 2.59 bits per heavy atom. The highest BCUT2D eigenvalue weighted by atomic mass is 15.2. The quantitative estimate of drug-likeness (QED) is 0.853. The molecule has 0 aliphatic carbocycles. The van der Waals surface area contributed by atoms with Crippen LogP contribution in [-0.2, 0) is 0 Å². The first-order valence-corrected chi connectivity index (χ1v) is 5.98. The van der Waals surface area contributed by atoms with Gasteiger partial charge in [0.25, 0.3) is 0 Å². The number of benzene rings is 1. The normalized spacial score (nSPS) is 12.1. The first kappa shape index (κ1) is 12.0. The zero-order valence-corrected chi connectivity index (χ0v) is 11.0. The Hall–Kier alpha value is -1.48. The van der Waals surface area contributed by atoms with Crippen molar-refractivity contribution in [2.45, 2.75) is 26.3 Å². The SMILES string of the molecule is Cc1[nH]c2ccccc2c1N(C)C(C)(C)CN. The summed E-state index contributed by atoms with van der Waals surface area (Å²) in [6, 6.07) is 8.38. The fourth-order valence-electron chi connectivity index (χ4n) is 2.13. The average molecular weight is 231 g/mol. The van der Waals surface area contributed by atoms with E-state index in [1.54, 1.807) is 0 Å². The van der Waals surface area contributed by atoms with Crippen LogP contribution in [0.2, 0.25) is 0 Å². The van der Waals surface area contributed by atoms with Crippen molar-refractivity contribution in [2.24, 2.45) is 5.73 Å². The summed E-state index contributed by atoms with van der Waals surface area (Å²) in [5.74, 6) is 0. The molecule has 0 unspecified atom stereocenters. The van der Waals surface area contributed by atoms with Crippen LogP contribution in [-0.4, -0.2) is 24.1 Å². The lowest BCUT2D eigenvalue weighted by Crippen LogP contribution is -2.47. The number of nitrogens with two attached hydrogens (primary N) is 1. The van der Waals surface area contributed by atoms with Gasteiger partial charge in [0.1, 0.15) is 0 Å². The third-order valence-corrected chi connectivity index (χ3v) is 3.60. The average Bonchev–Trinajstić information content (AvgIpc) is 2.64. The van der Waals surface area contributed by atoms with Crippen LogP contribution in [0.1, 0.15) is 19.5 Å². The molecule has 0 fully saturated rings. The number of nitrogens with one attached hydrogen (secondary N) is 1. The molecule has 17 heavy (non-hydrogen) atoms. The Morgan fingerprint density at radius 2 is 1.94 bits per heavy atom. The lowest BCUT2D eigenvalue weighted by molar-refractivity contribution is 0.499. The molecule has 0 radical (unpaired) electrons. The smallest absolute Gasteiger partial charge is 0.0656 e. The summed E-state index contributed by atoms with van der Waals surface area (Å²) in [7, 11) is 2.11. The topological polar surface area (TPSA) is 45.0 Å². The van der Waals surface area contributed by atoms with Crippen molar-refractivity contribution in [3.05, 3.63) is 30.0 Å². The van der Waals surface area contributed by atoms with E-state index in [0.717, 1.165) is 0 Å². The molecule has 0 atom stereocenters. The second-order valence-corrected chi connectivity index (χ2v) is 5.22. The first-order valence-electron chi connectivity index (χ1n) is 5.98. The number of anilines is 1. The van der Waals surface area contributed by atoms with Gasteiger partial charge in [-0.1, -0.05) is 18.2 Å². The minimum atomic E-state index is -0.0459. The van der Waals surface area contributed by atoms with Gasteiger partial charge >= 0.3 is 0 Å². The molecule has 3 nitrogen and oxygen atoms in total. The van der Waals surface area contributed by atoms with E-state index in [4.69, 9.17) is 5.73 Å². The van der Waals surface area contributed by atoms with Crippen LogP contribution >= 0.6 is 0 Å². The maximum atomic E-state index is 5.86. The largest absolute Gasteiger partial charge is 0.366 e. The van der Waals surface area contributed by atoms with Crippen LogP contribution in [0.15, 0.2) is 24.3 Å². The van der Waals surface area contributed by atoms with E-state index in [-0.39, 0.29) is 5.54 Å². The van der Waals surface area contributed by atoms with Crippen LogP contribution in [0, 0.1) is 6.92 Å². The number of nitrogens with zero attached hydrogens (tertiary/aromatic N) is 1. The summed E-state index contributed by atoms with van der Waals surface area (Å²) in [5, 5.41) is 1.26. The van der Waals surface area contributed by atoms with Gasteiger partial charge in [-0.2, -0.15) is 0 Å². The van der Waals surface area contributed by atoms with Crippen LogP contribution in [0.4, 0.5) is 5.69 Å². The maximum absolute atomic E-state index is 5.86. The van der Waals surface area contributed by atoms with Crippen LogP contribution in [0.5, 0.6) is 0 Å². The third kappa shape index (κ3) is 1.91. The van der Waals surface area contributed by atoms with E-state index in [0.29, 0.717) is 6.54 Å². The molecule has 1 aromatic heterocycles. The molecular formula is C14H21N3. The number of aromatic nitrogens is 1. The van der Waals surface area contributed by atoms with Gasteiger partial charge in [0.05, 0.1) is 5.69 Å². The Labute approximate surface area is 103 Å². The van der Waals surface area contributed by atoms with E-state index >= 15 is 0 Å². The number of para-hydroxylation sites is 1. The van der Waals surface area contributed by atoms with Gasteiger partial charge in [-0.3, -0.25) is 0 Å². The second kappa shape index (κ2) is 4.08. The van der Waals surface area contributed by atoms with E-state index in [1.165, 1.54) is 22.3 Å². The molecule has 2 aromatic rings. The van der Waals surface area contributed by atoms with Gasteiger partial charge in [-0.25, -0.2) is 0 Å². The van der Waals surface area contributed by atoms with Crippen molar-refractivity contribution in [3.8, 4) is 0 Å². The number of likely N-dealkylation sites (N-methyl/N-ethyl adjacent to an activating group) is 1. The summed E-state index contributed by atoms with van der Waals surface area (Å²) in [5.41, 5.74) is 9.43. The van der Waals surface area contributed by atoms with Crippen molar-refractivity contribution < 1.29 is 0 Å². The minimum Gasteiger partial charge on any atom is -0.366 e. The fraction of sp³-hybridized carbons (Fsp3) is 0.429. The minimum absolute atomic E-state index is 0.0459. The van der Waals surface area contributed by atoms with Gasteiger partial charge < -0.3 is 15.6 Å². The molecular weight excluding hydrogens is 210 g/mol. The molecule has 0 spiro atoms.